The summed E-state index contributed by atoms with van der Waals surface area (Å²) in [4.78, 5) is 14.2. The number of benzene rings is 1. The molecule has 1 N–H and O–H groups in total. The minimum absolute atomic E-state index is 0.0491. The molecule has 2 aromatic heterocycles. The maximum Gasteiger partial charge on any atom is 0.151 e. The zero-order valence-electron chi connectivity index (χ0n) is 19.4. The average molecular weight is 467 g/mol. The molecule has 0 spiro atoms. The fourth-order valence-electron chi connectivity index (χ4n) is 5.97. The molecule has 1 aromatic carbocycles. The van der Waals surface area contributed by atoms with Crippen molar-refractivity contribution in [2.75, 3.05) is 23.5 Å². The Morgan fingerprint density at radius 3 is 2.52 bits per heavy atom. The molecule has 2 aliphatic rings. The van der Waals surface area contributed by atoms with Gasteiger partial charge in [0.05, 0.1) is 16.9 Å². The lowest BCUT2D eigenvalue weighted by Gasteiger charge is -2.42. The van der Waals surface area contributed by atoms with Gasteiger partial charge in [-0.15, -0.1) is 0 Å². The Balaban J connectivity index is 1.18. The van der Waals surface area contributed by atoms with Gasteiger partial charge < -0.3 is 9.88 Å². The first-order chi connectivity index (χ1) is 15.9. The van der Waals surface area contributed by atoms with E-state index in [1.807, 2.05) is 30.5 Å². The highest BCUT2D eigenvalue weighted by Crippen LogP contribution is 2.45. The van der Waals surface area contributed by atoms with E-state index in [2.05, 4.69) is 39.0 Å². The second kappa shape index (κ2) is 9.09. The Labute approximate surface area is 196 Å². The van der Waals surface area contributed by atoms with Gasteiger partial charge in [0.25, 0.3) is 0 Å². The molecule has 2 saturated carbocycles. The van der Waals surface area contributed by atoms with Crippen molar-refractivity contribution in [2.45, 2.75) is 57.4 Å². The van der Waals surface area contributed by atoms with Crippen LogP contribution in [-0.4, -0.2) is 48.0 Å². The lowest BCUT2D eigenvalue weighted by Crippen LogP contribution is -2.41. The number of anilines is 1. The maximum atomic E-state index is 13.2. The number of fused-ring (bicyclic) bond motifs is 1. The summed E-state index contributed by atoms with van der Waals surface area (Å²) in [5, 5.41) is 1.04. The van der Waals surface area contributed by atoms with Crippen LogP contribution in [0.25, 0.3) is 11.0 Å². The first kappa shape index (κ1) is 22.4. The van der Waals surface area contributed by atoms with E-state index in [1.54, 1.807) is 6.33 Å². The van der Waals surface area contributed by atoms with Gasteiger partial charge in [0.2, 0.25) is 0 Å². The molecule has 2 heterocycles. The summed E-state index contributed by atoms with van der Waals surface area (Å²) in [5.74, 6) is 1.91. The van der Waals surface area contributed by atoms with Gasteiger partial charge >= 0.3 is 0 Å². The molecule has 3 aromatic rings. The first-order valence-corrected chi connectivity index (χ1v) is 14.0. The van der Waals surface area contributed by atoms with E-state index in [-0.39, 0.29) is 11.3 Å². The van der Waals surface area contributed by atoms with E-state index in [9.17, 15) is 8.42 Å². The van der Waals surface area contributed by atoms with Crippen LogP contribution in [0.2, 0.25) is 0 Å². The molecule has 0 bridgehead atoms. The second-order valence-electron chi connectivity index (χ2n) is 10.3. The molecule has 33 heavy (non-hydrogen) atoms. The van der Waals surface area contributed by atoms with Crippen molar-refractivity contribution in [2.24, 2.45) is 11.3 Å². The number of aromatic nitrogens is 3. The Kier molecular flexibility index (Phi) is 6.16. The van der Waals surface area contributed by atoms with Crippen LogP contribution in [0.3, 0.4) is 0 Å². The summed E-state index contributed by atoms with van der Waals surface area (Å²) in [6.45, 7) is 0. The SMILES string of the molecule is CN(c1ncnc2[nH]ccc12)C1CCC(CS(=O)(=O)CC2(Cc3ccccc3)CCC2)CC1. The third-order valence-electron chi connectivity index (χ3n) is 7.88. The molecule has 5 rings (SSSR count). The lowest BCUT2D eigenvalue weighted by atomic mass is 9.67. The van der Waals surface area contributed by atoms with Gasteiger partial charge in [-0.3, -0.25) is 0 Å². The van der Waals surface area contributed by atoms with Crippen LogP contribution in [0.15, 0.2) is 48.9 Å². The molecule has 7 heteroatoms. The Morgan fingerprint density at radius 2 is 1.82 bits per heavy atom. The van der Waals surface area contributed by atoms with Gasteiger partial charge in [0, 0.05) is 19.3 Å². The van der Waals surface area contributed by atoms with Crippen molar-refractivity contribution >= 4 is 26.7 Å². The molecule has 0 amide bonds. The zero-order chi connectivity index (χ0) is 22.9. The van der Waals surface area contributed by atoms with E-state index < -0.39 is 9.84 Å². The third kappa shape index (κ3) is 4.93. The summed E-state index contributed by atoms with van der Waals surface area (Å²) in [6, 6.07) is 12.8. The van der Waals surface area contributed by atoms with Gasteiger partial charge in [-0.25, -0.2) is 18.4 Å². The molecule has 0 atom stereocenters. The summed E-state index contributed by atoms with van der Waals surface area (Å²) in [7, 11) is -0.972. The van der Waals surface area contributed by atoms with Crippen molar-refractivity contribution in [1.82, 2.24) is 15.0 Å². The Hall–Kier alpha value is -2.41. The second-order valence-corrected chi connectivity index (χ2v) is 12.4. The fraction of sp³-hybridized carbons (Fsp3) is 0.538. The number of H-pyrrole nitrogens is 1. The largest absolute Gasteiger partial charge is 0.356 e. The van der Waals surface area contributed by atoms with Crippen molar-refractivity contribution in [3.05, 3.63) is 54.5 Å². The molecule has 176 valence electrons. The van der Waals surface area contributed by atoms with Crippen LogP contribution in [0.4, 0.5) is 5.82 Å². The molecule has 6 nitrogen and oxygen atoms in total. The Morgan fingerprint density at radius 1 is 1.06 bits per heavy atom. The molecule has 0 unspecified atom stereocenters. The van der Waals surface area contributed by atoms with Gasteiger partial charge in [-0.05, 0) is 67.9 Å². The Bertz CT molecular complexity index is 1180. The lowest BCUT2D eigenvalue weighted by molar-refractivity contribution is 0.164. The number of hydrogen-bond acceptors (Lipinski definition) is 5. The van der Waals surface area contributed by atoms with E-state index in [1.165, 1.54) is 5.56 Å². The molecule has 2 fully saturated rings. The number of nitrogens with one attached hydrogen (secondary N) is 1. The minimum Gasteiger partial charge on any atom is -0.356 e. The molecular weight excluding hydrogens is 432 g/mol. The summed E-state index contributed by atoms with van der Waals surface area (Å²) < 4.78 is 26.4. The number of nitrogens with zero attached hydrogens (tertiary/aromatic N) is 3. The topological polar surface area (TPSA) is 79.0 Å². The predicted octanol–water partition coefficient (Wildman–Crippen LogP) is 4.78. The van der Waals surface area contributed by atoms with E-state index in [0.717, 1.165) is 68.2 Å². The van der Waals surface area contributed by atoms with Crippen molar-refractivity contribution in [3.63, 3.8) is 0 Å². The van der Waals surface area contributed by atoms with Crippen LogP contribution in [0.1, 0.15) is 50.5 Å². The van der Waals surface area contributed by atoms with Crippen molar-refractivity contribution in [3.8, 4) is 0 Å². The van der Waals surface area contributed by atoms with Crippen LogP contribution >= 0.6 is 0 Å². The number of rotatable bonds is 8. The maximum absolute atomic E-state index is 13.2. The van der Waals surface area contributed by atoms with Crippen LogP contribution in [0, 0.1) is 11.3 Å². The van der Waals surface area contributed by atoms with Crippen molar-refractivity contribution in [1.29, 1.82) is 0 Å². The summed E-state index contributed by atoms with van der Waals surface area (Å²) in [6.07, 6.45) is 11.5. The smallest absolute Gasteiger partial charge is 0.151 e. The highest BCUT2D eigenvalue weighted by Gasteiger charge is 2.41. The van der Waals surface area contributed by atoms with E-state index >= 15 is 0 Å². The van der Waals surface area contributed by atoms with Crippen LogP contribution in [0.5, 0.6) is 0 Å². The molecular formula is C26H34N4O2S. The minimum atomic E-state index is -3.07. The van der Waals surface area contributed by atoms with Gasteiger partial charge in [0.1, 0.15) is 17.8 Å². The van der Waals surface area contributed by atoms with Crippen LogP contribution in [-0.2, 0) is 16.3 Å². The summed E-state index contributed by atoms with van der Waals surface area (Å²) in [5.41, 5.74) is 2.07. The normalized spacial score (nSPS) is 22.7. The first-order valence-electron chi connectivity index (χ1n) is 12.2. The highest BCUT2D eigenvalue weighted by atomic mass is 32.2. The van der Waals surface area contributed by atoms with Gasteiger partial charge in [-0.1, -0.05) is 36.8 Å². The molecule has 0 radical (unpaired) electrons. The molecule has 0 aliphatic heterocycles. The average Bonchev–Trinajstić information content (AvgIpc) is 3.27. The van der Waals surface area contributed by atoms with E-state index in [0.29, 0.717) is 17.5 Å². The van der Waals surface area contributed by atoms with Crippen LogP contribution < -0.4 is 4.90 Å². The quantitative estimate of drug-likeness (QED) is 0.517. The summed E-state index contributed by atoms with van der Waals surface area (Å²) >= 11 is 0. The highest BCUT2D eigenvalue weighted by molar-refractivity contribution is 7.91. The monoisotopic (exact) mass is 466 g/mol. The fourth-order valence-corrected chi connectivity index (χ4v) is 8.47. The molecule has 2 aliphatic carbocycles. The van der Waals surface area contributed by atoms with E-state index in [4.69, 9.17) is 0 Å². The van der Waals surface area contributed by atoms with Gasteiger partial charge in [-0.2, -0.15) is 0 Å². The zero-order valence-corrected chi connectivity index (χ0v) is 20.2. The van der Waals surface area contributed by atoms with Gasteiger partial charge in [0.15, 0.2) is 9.84 Å². The van der Waals surface area contributed by atoms with Crippen molar-refractivity contribution < 1.29 is 8.42 Å². The molecule has 0 saturated heterocycles. The number of aromatic amines is 1. The third-order valence-corrected chi connectivity index (χ3v) is 9.91. The predicted molar refractivity (Wildman–Crippen MR) is 133 cm³/mol. The standard InChI is InChI=1S/C26H34N4O2S/c1-30(25-23-12-15-27-24(23)28-19-29-25)22-10-8-21(9-11-22)17-33(31,32)18-26(13-5-14-26)16-20-6-3-2-4-7-20/h2-4,6-7,12,15,19,21-22H,5,8-11,13-14,16-18H2,1H3,(H,27,28,29). The number of sulfone groups is 1. The number of hydrogen-bond donors (Lipinski definition) is 1.